The number of benzene rings is 2. The van der Waals surface area contributed by atoms with Crippen molar-refractivity contribution in [2.45, 2.75) is 33.4 Å². The van der Waals surface area contributed by atoms with Gasteiger partial charge in [-0.3, -0.25) is 33.1 Å². The smallest absolute Gasteiger partial charge is 0.340 e. The van der Waals surface area contributed by atoms with Crippen LogP contribution in [0.4, 0.5) is 0 Å². The van der Waals surface area contributed by atoms with Gasteiger partial charge in [-0.15, -0.1) is 11.3 Å². The van der Waals surface area contributed by atoms with E-state index in [1.807, 2.05) is 66.4 Å². The summed E-state index contributed by atoms with van der Waals surface area (Å²) in [5.41, 5.74) is 2.86. The number of carbonyl (C=O) groups is 1. The van der Waals surface area contributed by atoms with E-state index < -0.39 is 5.76 Å². The Bertz CT molecular complexity index is 1960. The number of H-pyrrole nitrogens is 1. The predicted octanol–water partition coefficient (Wildman–Crippen LogP) is 3.01. The van der Waals surface area contributed by atoms with Gasteiger partial charge in [-0.1, -0.05) is 60.6 Å². The fourth-order valence-electron chi connectivity index (χ4n) is 5.55. The van der Waals surface area contributed by atoms with Crippen molar-refractivity contribution in [3.05, 3.63) is 96.4 Å². The largest absolute Gasteiger partial charge is 0.439 e. The van der Waals surface area contributed by atoms with E-state index in [2.05, 4.69) is 15.0 Å². The lowest BCUT2D eigenvalue weighted by Gasteiger charge is -2.34. The van der Waals surface area contributed by atoms with Gasteiger partial charge >= 0.3 is 11.4 Å². The van der Waals surface area contributed by atoms with Gasteiger partial charge in [0.15, 0.2) is 5.82 Å². The average Bonchev–Trinajstić information content (AvgIpc) is 3.66. The molecule has 1 amide bonds. The van der Waals surface area contributed by atoms with Gasteiger partial charge in [0.25, 0.3) is 5.56 Å². The topological polar surface area (TPSA) is 126 Å². The molecule has 0 unspecified atom stereocenters. The van der Waals surface area contributed by atoms with Gasteiger partial charge in [0.2, 0.25) is 5.91 Å². The lowest BCUT2D eigenvalue weighted by molar-refractivity contribution is -0.130. The third-order valence-electron chi connectivity index (χ3n) is 7.98. The number of aromatic amines is 1. The summed E-state index contributed by atoms with van der Waals surface area (Å²) in [6.07, 6.45) is 0.776. The molecule has 1 aliphatic rings. The van der Waals surface area contributed by atoms with Crippen LogP contribution < -0.4 is 17.0 Å². The van der Waals surface area contributed by atoms with Crippen LogP contribution in [0.2, 0.25) is 0 Å². The number of nitrogens with zero attached hydrogens (tertiary/aromatic N) is 5. The Balaban J connectivity index is 1.29. The van der Waals surface area contributed by atoms with Crippen LogP contribution in [0.25, 0.3) is 32.7 Å². The molecule has 1 fully saturated rings. The number of aryl methyl sites for hydroxylation is 1. The normalized spacial score (nSPS) is 14.0. The molecule has 0 saturated carbocycles. The van der Waals surface area contributed by atoms with Crippen LogP contribution in [-0.2, 0) is 24.3 Å². The maximum atomic E-state index is 13.8. The number of piperazine rings is 1. The zero-order valence-corrected chi connectivity index (χ0v) is 24.9. The second-order valence-electron chi connectivity index (χ2n) is 10.6. The molecule has 12 heteroatoms. The highest BCUT2D eigenvalue weighted by molar-refractivity contribution is 7.18. The van der Waals surface area contributed by atoms with Crippen molar-refractivity contribution >= 4 is 27.5 Å². The number of hydrogen-bond acceptors (Lipinski definition) is 8. The summed E-state index contributed by atoms with van der Waals surface area (Å²) in [6, 6.07) is 17.4. The molecule has 43 heavy (non-hydrogen) atoms. The maximum Gasteiger partial charge on any atom is 0.439 e. The standard InChI is InChI=1S/C31H32N6O5S/c1-3-23-18-26-28(39)36(17-14-34-12-15-35(16-13-34)20(2)38)31(41)37(29(26)43-23)19-21-8-10-22(11-9-21)24-6-4-5-7-25(24)27-32-30(40)42-33-27/h4-11,18H,3,12-17,19H2,1-2H3,(H,32,33,40). The van der Waals surface area contributed by atoms with E-state index in [4.69, 9.17) is 4.52 Å². The lowest BCUT2D eigenvalue weighted by atomic mass is 9.98. The van der Waals surface area contributed by atoms with Crippen LogP contribution in [0.15, 0.2) is 73.5 Å². The first-order chi connectivity index (χ1) is 20.8. The van der Waals surface area contributed by atoms with Gasteiger partial charge in [0.05, 0.1) is 11.9 Å². The highest BCUT2D eigenvalue weighted by atomic mass is 32.1. The van der Waals surface area contributed by atoms with Crippen molar-refractivity contribution in [1.29, 1.82) is 0 Å². The number of nitrogens with one attached hydrogen (secondary N) is 1. The minimum Gasteiger partial charge on any atom is -0.340 e. The van der Waals surface area contributed by atoms with E-state index in [9.17, 15) is 19.2 Å². The van der Waals surface area contributed by atoms with Gasteiger partial charge in [0, 0.05) is 56.6 Å². The summed E-state index contributed by atoms with van der Waals surface area (Å²) < 4.78 is 7.76. The summed E-state index contributed by atoms with van der Waals surface area (Å²) in [6.45, 7) is 7.49. The number of amides is 1. The molecular formula is C31H32N6O5S. The number of rotatable bonds is 8. The molecule has 0 bridgehead atoms. The Labute approximate surface area is 250 Å². The highest BCUT2D eigenvalue weighted by Crippen LogP contribution is 2.30. The third-order valence-corrected chi connectivity index (χ3v) is 9.28. The van der Waals surface area contributed by atoms with Gasteiger partial charge in [-0.05, 0) is 29.2 Å². The van der Waals surface area contributed by atoms with E-state index >= 15 is 0 Å². The molecular weight excluding hydrogens is 568 g/mol. The van der Waals surface area contributed by atoms with Crippen molar-refractivity contribution < 1.29 is 9.32 Å². The van der Waals surface area contributed by atoms with Crippen LogP contribution in [0.1, 0.15) is 24.3 Å². The molecule has 5 aromatic rings. The van der Waals surface area contributed by atoms with Crippen molar-refractivity contribution in [2.75, 3.05) is 32.7 Å². The number of fused-ring (bicyclic) bond motifs is 1. The van der Waals surface area contributed by atoms with Crippen LogP contribution in [-0.4, -0.2) is 67.7 Å². The summed E-state index contributed by atoms with van der Waals surface area (Å²) in [7, 11) is 0. The minimum atomic E-state index is -0.617. The van der Waals surface area contributed by atoms with Gasteiger partial charge in [0.1, 0.15) is 4.83 Å². The Hall–Kier alpha value is -4.55. The van der Waals surface area contributed by atoms with E-state index in [-0.39, 0.29) is 23.7 Å². The van der Waals surface area contributed by atoms with Gasteiger partial charge in [-0.2, -0.15) is 0 Å². The molecule has 1 saturated heterocycles. The summed E-state index contributed by atoms with van der Waals surface area (Å²) >= 11 is 1.49. The third kappa shape index (κ3) is 5.75. The Kier molecular flexibility index (Phi) is 7.96. The quantitative estimate of drug-likeness (QED) is 0.290. The molecule has 0 radical (unpaired) electrons. The van der Waals surface area contributed by atoms with Crippen LogP contribution in [0.5, 0.6) is 0 Å². The fourth-order valence-corrected chi connectivity index (χ4v) is 6.63. The first-order valence-corrected chi connectivity index (χ1v) is 15.1. The molecule has 0 aliphatic carbocycles. The van der Waals surface area contributed by atoms with Crippen LogP contribution >= 0.6 is 11.3 Å². The molecule has 1 aliphatic heterocycles. The van der Waals surface area contributed by atoms with E-state index in [1.165, 1.54) is 15.9 Å². The molecule has 0 spiro atoms. The van der Waals surface area contributed by atoms with Crippen molar-refractivity contribution in [1.82, 2.24) is 29.1 Å². The lowest BCUT2D eigenvalue weighted by Crippen LogP contribution is -2.50. The van der Waals surface area contributed by atoms with Crippen molar-refractivity contribution in [2.24, 2.45) is 0 Å². The second kappa shape index (κ2) is 12.0. The van der Waals surface area contributed by atoms with E-state index in [0.717, 1.165) is 33.6 Å². The Morgan fingerprint density at radius 2 is 1.67 bits per heavy atom. The van der Waals surface area contributed by atoms with Crippen molar-refractivity contribution in [3.63, 3.8) is 0 Å². The number of carbonyl (C=O) groups excluding carboxylic acids is 1. The first-order valence-electron chi connectivity index (χ1n) is 14.3. The maximum absolute atomic E-state index is 13.8. The molecule has 2 aromatic carbocycles. The molecule has 4 heterocycles. The average molecular weight is 601 g/mol. The van der Waals surface area contributed by atoms with E-state index in [0.29, 0.717) is 55.3 Å². The zero-order valence-electron chi connectivity index (χ0n) is 24.0. The first kappa shape index (κ1) is 28.6. The molecule has 11 nitrogen and oxygen atoms in total. The molecule has 222 valence electrons. The molecule has 6 rings (SSSR count). The second-order valence-corrected chi connectivity index (χ2v) is 11.8. The van der Waals surface area contributed by atoms with Gasteiger partial charge < -0.3 is 4.90 Å². The molecule has 0 atom stereocenters. The van der Waals surface area contributed by atoms with Crippen LogP contribution in [0.3, 0.4) is 0 Å². The molecule has 1 N–H and O–H groups in total. The number of hydrogen-bond donors (Lipinski definition) is 1. The fraction of sp³-hybridized carbons (Fsp3) is 0.323. The van der Waals surface area contributed by atoms with Crippen LogP contribution in [0, 0.1) is 0 Å². The highest BCUT2D eigenvalue weighted by Gasteiger charge is 2.21. The molecule has 3 aromatic heterocycles. The van der Waals surface area contributed by atoms with Gasteiger partial charge in [-0.25, -0.2) is 9.59 Å². The Morgan fingerprint density at radius 1 is 0.953 bits per heavy atom. The SMILES string of the molecule is CCc1cc2c(=O)n(CCN3CCN(C(C)=O)CC3)c(=O)n(Cc3ccc(-c4ccccc4-c4noc(=O)[nH]4)cc3)c2s1. The Morgan fingerprint density at radius 3 is 2.33 bits per heavy atom. The summed E-state index contributed by atoms with van der Waals surface area (Å²) in [5, 5.41) is 4.40. The predicted molar refractivity (Wildman–Crippen MR) is 166 cm³/mol. The number of thiophene rings is 1. The monoisotopic (exact) mass is 600 g/mol. The number of aromatic nitrogens is 4. The minimum absolute atomic E-state index is 0.0666. The zero-order chi connectivity index (χ0) is 30.1. The summed E-state index contributed by atoms with van der Waals surface area (Å²) in [4.78, 5) is 58.9. The van der Waals surface area contributed by atoms with E-state index in [1.54, 1.807) is 11.5 Å². The summed E-state index contributed by atoms with van der Waals surface area (Å²) in [5.74, 6) is -0.198. The van der Waals surface area contributed by atoms with Crippen molar-refractivity contribution in [3.8, 4) is 22.5 Å².